The van der Waals surface area contributed by atoms with Gasteiger partial charge in [0.1, 0.15) is 10.7 Å². The molecular weight excluding hydrogens is 576 g/mol. The molecule has 204 valence electrons. The fourth-order valence-electron chi connectivity index (χ4n) is 4.11. The van der Waals surface area contributed by atoms with Gasteiger partial charge in [0.25, 0.3) is 0 Å². The fraction of sp³-hybridized carbons (Fsp3) is 0.200. The number of aromatic hydroxyl groups is 1. The number of phenolic OH excluding ortho intramolecular Hbond substituents is 1. The summed E-state index contributed by atoms with van der Waals surface area (Å²) in [6.07, 6.45) is 1.33. The summed E-state index contributed by atoms with van der Waals surface area (Å²) in [5.41, 5.74) is 3.99. The number of hydrogen-bond donors (Lipinski definition) is 1. The lowest BCUT2D eigenvalue weighted by Crippen LogP contribution is -2.32. The second kappa shape index (κ2) is 13.7. The van der Waals surface area contributed by atoms with Crippen LogP contribution in [0.2, 0.25) is 10.0 Å². The Morgan fingerprint density at radius 2 is 1.46 bits per heavy atom. The predicted octanol–water partition coefficient (Wildman–Crippen LogP) is 7.75. The summed E-state index contributed by atoms with van der Waals surface area (Å²) in [5, 5.41) is 10.5. The van der Waals surface area contributed by atoms with Gasteiger partial charge in [-0.3, -0.25) is 0 Å². The highest BCUT2D eigenvalue weighted by molar-refractivity contribution is 7.98. The van der Waals surface area contributed by atoms with Crippen molar-refractivity contribution in [1.82, 2.24) is 4.31 Å². The van der Waals surface area contributed by atoms with Gasteiger partial charge in [-0.05, 0) is 65.1 Å². The van der Waals surface area contributed by atoms with Crippen molar-refractivity contribution in [3.8, 4) is 5.75 Å². The van der Waals surface area contributed by atoms with Gasteiger partial charge in [0.05, 0.1) is 5.02 Å². The van der Waals surface area contributed by atoms with Crippen LogP contribution < -0.4 is 0 Å². The average Bonchev–Trinajstić information content (AvgIpc) is 2.92. The van der Waals surface area contributed by atoms with Crippen LogP contribution in [-0.4, -0.2) is 30.1 Å². The van der Waals surface area contributed by atoms with Gasteiger partial charge < -0.3 is 5.11 Å². The molecule has 0 spiro atoms. The standard InChI is InChI=1S/C30H28Cl2FNO3S2/c31-26-18-28(32)30(35)29(19-26)39(36,37)34(15-13-23-9-11-27(33)12-10-23)20-24-7-4-8-25(17-24)21-38-16-14-22-5-2-1-3-6-22/h1-12,17-19,35H,13-16,20-21H2. The van der Waals surface area contributed by atoms with E-state index < -0.39 is 15.8 Å². The van der Waals surface area contributed by atoms with Crippen LogP contribution in [0.1, 0.15) is 22.3 Å². The van der Waals surface area contributed by atoms with Crippen molar-refractivity contribution in [1.29, 1.82) is 0 Å². The fourth-order valence-corrected chi connectivity index (χ4v) is 7.23. The maximum Gasteiger partial charge on any atom is 0.247 e. The molecule has 0 atom stereocenters. The Balaban J connectivity index is 1.52. The average molecular weight is 605 g/mol. The van der Waals surface area contributed by atoms with Crippen LogP contribution in [0.25, 0.3) is 0 Å². The number of sulfonamides is 1. The van der Waals surface area contributed by atoms with Crippen LogP contribution in [0.5, 0.6) is 5.75 Å². The number of thioether (sulfide) groups is 1. The molecule has 4 aromatic rings. The van der Waals surface area contributed by atoms with Gasteiger partial charge in [0.2, 0.25) is 10.0 Å². The van der Waals surface area contributed by atoms with Gasteiger partial charge in [-0.2, -0.15) is 16.1 Å². The first-order valence-electron chi connectivity index (χ1n) is 12.3. The molecule has 4 rings (SSSR count). The van der Waals surface area contributed by atoms with E-state index in [-0.39, 0.29) is 33.8 Å². The lowest BCUT2D eigenvalue weighted by Gasteiger charge is -2.23. The molecule has 0 amide bonds. The Kier molecular flexibility index (Phi) is 10.3. The molecule has 0 aliphatic carbocycles. The molecule has 0 saturated carbocycles. The number of rotatable bonds is 12. The number of benzene rings is 4. The molecule has 9 heteroatoms. The molecule has 0 unspecified atom stereocenters. The minimum absolute atomic E-state index is 0.0790. The van der Waals surface area contributed by atoms with E-state index in [0.717, 1.165) is 34.6 Å². The third-order valence-corrected chi connectivity index (χ3v) is 9.57. The largest absolute Gasteiger partial charge is 0.505 e. The lowest BCUT2D eigenvalue weighted by molar-refractivity contribution is 0.402. The zero-order valence-corrected chi connectivity index (χ0v) is 24.2. The van der Waals surface area contributed by atoms with Crippen LogP contribution in [-0.2, 0) is 35.2 Å². The van der Waals surface area contributed by atoms with E-state index in [1.54, 1.807) is 12.1 Å². The van der Waals surface area contributed by atoms with Crippen molar-refractivity contribution in [3.63, 3.8) is 0 Å². The molecule has 0 aromatic heterocycles. The van der Waals surface area contributed by atoms with E-state index in [9.17, 15) is 17.9 Å². The quantitative estimate of drug-likeness (QED) is 0.168. The third kappa shape index (κ3) is 8.22. The number of hydrogen-bond acceptors (Lipinski definition) is 4. The summed E-state index contributed by atoms with van der Waals surface area (Å²) in [7, 11) is -4.18. The highest BCUT2D eigenvalue weighted by Crippen LogP contribution is 2.36. The van der Waals surface area contributed by atoms with Crippen molar-refractivity contribution >= 4 is 45.0 Å². The summed E-state index contributed by atoms with van der Waals surface area (Å²) in [4.78, 5) is -0.355. The molecule has 0 heterocycles. The minimum atomic E-state index is -4.18. The van der Waals surface area contributed by atoms with Gasteiger partial charge in [0, 0.05) is 23.9 Å². The van der Waals surface area contributed by atoms with Crippen molar-refractivity contribution < 1.29 is 17.9 Å². The summed E-state index contributed by atoms with van der Waals surface area (Å²) in [6.45, 7) is 0.184. The van der Waals surface area contributed by atoms with Crippen molar-refractivity contribution in [2.75, 3.05) is 12.3 Å². The molecule has 0 aliphatic heterocycles. The molecule has 0 saturated heterocycles. The number of nitrogens with zero attached hydrogens (tertiary/aromatic N) is 1. The van der Waals surface area contributed by atoms with Gasteiger partial charge in [-0.25, -0.2) is 12.8 Å². The molecule has 4 aromatic carbocycles. The monoisotopic (exact) mass is 603 g/mol. The molecular formula is C30H28Cl2FNO3S2. The Morgan fingerprint density at radius 3 is 2.21 bits per heavy atom. The Hall–Kier alpha value is -2.55. The lowest BCUT2D eigenvalue weighted by atomic mass is 10.1. The van der Waals surface area contributed by atoms with E-state index in [4.69, 9.17) is 23.2 Å². The van der Waals surface area contributed by atoms with Crippen LogP contribution in [0.15, 0.2) is 95.9 Å². The van der Waals surface area contributed by atoms with E-state index in [0.29, 0.717) is 6.42 Å². The SMILES string of the molecule is O=S(=O)(c1cc(Cl)cc(Cl)c1O)N(CCc1ccc(F)cc1)Cc1cccc(CSCCc2ccccc2)c1. The summed E-state index contributed by atoms with van der Waals surface area (Å²) >= 11 is 13.9. The zero-order chi connectivity index (χ0) is 27.8. The summed E-state index contributed by atoms with van der Waals surface area (Å²) in [5.74, 6) is 0.867. The maximum atomic E-state index is 13.8. The first kappa shape index (κ1) is 29.4. The van der Waals surface area contributed by atoms with Crippen LogP contribution in [0.3, 0.4) is 0 Å². The number of phenols is 1. The third-order valence-electron chi connectivity index (χ3n) is 6.17. The van der Waals surface area contributed by atoms with Crippen molar-refractivity contribution in [2.24, 2.45) is 0 Å². The maximum absolute atomic E-state index is 13.8. The Bertz CT molecular complexity index is 1500. The first-order chi connectivity index (χ1) is 18.7. The molecule has 0 aliphatic rings. The van der Waals surface area contributed by atoms with Gasteiger partial charge >= 0.3 is 0 Å². The zero-order valence-electron chi connectivity index (χ0n) is 21.1. The van der Waals surface area contributed by atoms with Crippen molar-refractivity contribution in [3.05, 3.63) is 129 Å². The Labute approximate surface area is 243 Å². The molecule has 1 N–H and O–H groups in total. The smallest absolute Gasteiger partial charge is 0.247 e. The van der Waals surface area contributed by atoms with Gasteiger partial charge in [-0.1, -0.05) is 89.9 Å². The van der Waals surface area contributed by atoms with E-state index >= 15 is 0 Å². The molecule has 0 radical (unpaired) electrons. The van der Waals surface area contributed by atoms with E-state index in [1.807, 2.05) is 54.2 Å². The van der Waals surface area contributed by atoms with E-state index in [1.165, 1.54) is 34.1 Å². The van der Waals surface area contributed by atoms with Gasteiger partial charge in [-0.15, -0.1) is 0 Å². The minimum Gasteiger partial charge on any atom is -0.505 e. The highest BCUT2D eigenvalue weighted by atomic mass is 35.5. The number of aryl methyl sites for hydroxylation is 1. The molecule has 0 bridgehead atoms. The highest BCUT2D eigenvalue weighted by Gasteiger charge is 2.29. The van der Waals surface area contributed by atoms with Crippen LogP contribution in [0.4, 0.5) is 4.39 Å². The second-order valence-electron chi connectivity index (χ2n) is 9.06. The molecule has 4 nitrogen and oxygen atoms in total. The predicted molar refractivity (Wildman–Crippen MR) is 159 cm³/mol. The number of halogens is 3. The second-order valence-corrected chi connectivity index (χ2v) is 12.9. The molecule has 0 fully saturated rings. The van der Waals surface area contributed by atoms with Crippen molar-refractivity contribution in [2.45, 2.75) is 30.0 Å². The normalized spacial score (nSPS) is 11.7. The summed E-state index contributed by atoms with van der Waals surface area (Å²) in [6, 6.07) is 26.6. The van der Waals surface area contributed by atoms with Gasteiger partial charge in [0.15, 0.2) is 5.75 Å². The van der Waals surface area contributed by atoms with E-state index in [2.05, 4.69) is 12.1 Å². The topological polar surface area (TPSA) is 57.6 Å². The van der Waals surface area contributed by atoms with Crippen LogP contribution in [0, 0.1) is 5.82 Å². The summed E-state index contributed by atoms with van der Waals surface area (Å²) < 4.78 is 42.2. The van der Waals surface area contributed by atoms with Crippen LogP contribution >= 0.6 is 35.0 Å². The molecule has 39 heavy (non-hydrogen) atoms. The first-order valence-corrected chi connectivity index (χ1v) is 15.7. The Morgan fingerprint density at radius 1 is 0.795 bits per heavy atom.